The van der Waals surface area contributed by atoms with Crippen molar-refractivity contribution < 1.29 is 9.90 Å². The molecule has 0 aromatic carbocycles. The number of carbonyl (C=O) groups excluding carboxylic acids is 1. The van der Waals surface area contributed by atoms with Crippen molar-refractivity contribution in [2.45, 2.75) is 25.4 Å². The molecule has 1 aliphatic heterocycles. The first-order valence-electron chi connectivity index (χ1n) is 6.54. The molecule has 0 spiro atoms. The maximum absolute atomic E-state index is 10.7. The summed E-state index contributed by atoms with van der Waals surface area (Å²) in [5, 5.41) is 12.1. The SMILES string of the molecule is NC(=O)C(O)CNc1nc(N)nc(N2CCCCC2)n1. The zero-order chi connectivity index (χ0) is 14.5. The van der Waals surface area contributed by atoms with Gasteiger partial charge in [-0.25, -0.2) is 0 Å². The van der Waals surface area contributed by atoms with Crippen molar-refractivity contribution in [1.82, 2.24) is 15.0 Å². The third kappa shape index (κ3) is 3.67. The van der Waals surface area contributed by atoms with E-state index in [-0.39, 0.29) is 18.4 Å². The van der Waals surface area contributed by atoms with Crippen molar-refractivity contribution in [2.24, 2.45) is 5.73 Å². The molecule has 0 aliphatic carbocycles. The Kier molecular flexibility index (Phi) is 4.51. The van der Waals surface area contributed by atoms with Gasteiger partial charge in [-0.2, -0.15) is 15.0 Å². The molecule has 2 heterocycles. The number of hydrogen-bond donors (Lipinski definition) is 4. The van der Waals surface area contributed by atoms with Gasteiger partial charge in [0.15, 0.2) is 0 Å². The number of nitrogens with one attached hydrogen (secondary N) is 1. The number of rotatable bonds is 5. The number of aliphatic hydroxyl groups excluding tert-OH is 1. The van der Waals surface area contributed by atoms with Crippen LogP contribution in [-0.2, 0) is 4.79 Å². The number of hydrogen-bond acceptors (Lipinski definition) is 8. The number of aromatic nitrogens is 3. The number of nitrogen functional groups attached to an aromatic ring is 1. The third-order valence-electron chi connectivity index (χ3n) is 3.06. The summed E-state index contributed by atoms with van der Waals surface area (Å²) >= 11 is 0. The van der Waals surface area contributed by atoms with Gasteiger partial charge >= 0.3 is 0 Å². The Bertz CT molecular complexity index is 476. The summed E-state index contributed by atoms with van der Waals surface area (Å²) in [5.41, 5.74) is 10.6. The monoisotopic (exact) mass is 281 g/mol. The van der Waals surface area contributed by atoms with Crippen LogP contribution in [0.5, 0.6) is 0 Å². The van der Waals surface area contributed by atoms with Crippen LogP contribution in [0.4, 0.5) is 17.8 Å². The molecule has 1 atom stereocenters. The molecular formula is C11H19N7O2. The highest BCUT2D eigenvalue weighted by Crippen LogP contribution is 2.17. The largest absolute Gasteiger partial charge is 0.381 e. The molecular weight excluding hydrogens is 262 g/mol. The summed E-state index contributed by atoms with van der Waals surface area (Å²) in [7, 11) is 0. The van der Waals surface area contributed by atoms with E-state index in [4.69, 9.17) is 11.5 Å². The van der Waals surface area contributed by atoms with Crippen molar-refractivity contribution in [3.63, 3.8) is 0 Å². The average Bonchev–Trinajstić information content (AvgIpc) is 2.45. The smallest absolute Gasteiger partial charge is 0.248 e. The van der Waals surface area contributed by atoms with Crippen LogP contribution in [0.15, 0.2) is 0 Å². The molecule has 2 rings (SSSR count). The van der Waals surface area contributed by atoms with Crippen LogP contribution in [0, 0.1) is 0 Å². The Morgan fingerprint density at radius 1 is 1.30 bits per heavy atom. The lowest BCUT2D eigenvalue weighted by molar-refractivity contribution is -0.125. The number of nitrogens with zero attached hydrogens (tertiary/aromatic N) is 4. The summed E-state index contributed by atoms with van der Waals surface area (Å²) in [4.78, 5) is 25.0. The predicted octanol–water partition coefficient (Wildman–Crippen LogP) is -1.30. The quantitative estimate of drug-likeness (QED) is 0.521. The van der Waals surface area contributed by atoms with Gasteiger partial charge in [0.05, 0.1) is 6.54 Å². The number of aliphatic hydroxyl groups is 1. The number of nitrogens with two attached hydrogens (primary N) is 2. The van der Waals surface area contributed by atoms with E-state index < -0.39 is 12.0 Å². The van der Waals surface area contributed by atoms with Gasteiger partial charge in [0.1, 0.15) is 6.10 Å². The van der Waals surface area contributed by atoms with Crippen LogP contribution in [0.3, 0.4) is 0 Å². The van der Waals surface area contributed by atoms with E-state index >= 15 is 0 Å². The predicted molar refractivity (Wildman–Crippen MR) is 74.0 cm³/mol. The molecule has 1 saturated heterocycles. The van der Waals surface area contributed by atoms with Crippen LogP contribution in [0.1, 0.15) is 19.3 Å². The van der Waals surface area contributed by atoms with Crippen LogP contribution >= 0.6 is 0 Å². The molecule has 1 fully saturated rings. The van der Waals surface area contributed by atoms with E-state index in [1.807, 2.05) is 4.90 Å². The minimum absolute atomic E-state index is 0.0712. The van der Waals surface area contributed by atoms with Crippen LogP contribution in [-0.4, -0.2) is 51.7 Å². The molecule has 0 bridgehead atoms. The maximum atomic E-state index is 10.7. The van der Waals surface area contributed by atoms with E-state index in [1.54, 1.807) is 0 Å². The van der Waals surface area contributed by atoms with Crippen molar-refractivity contribution >= 4 is 23.8 Å². The molecule has 1 amide bonds. The normalized spacial score (nSPS) is 16.8. The molecule has 0 radical (unpaired) electrons. The highest BCUT2D eigenvalue weighted by Gasteiger charge is 2.16. The number of anilines is 3. The lowest BCUT2D eigenvalue weighted by Gasteiger charge is -2.26. The fourth-order valence-electron chi connectivity index (χ4n) is 1.98. The van der Waals surface area contributed by atoms with E-state index in [2.05, 4.69) is 20.3 Å². The molecule has 110 valence electrons. The lowest BCUT2D eigenvalue weighted by Crippen LogP contribution is -2.35. The summed E-state index contributed by atoms with van der Waals surface area (Å²) in [5.74, 6) is 0.0130. The minimum Gasteiger partial charge on any atom is -0.381 e. The second-order valence-corrected chi connectivity index (χ2v) is 4.66. The van der Waals surface area contributed by atoms with Crippen molar-refractivity contribution in [3.8, 4) is 0 Å². The van der Waals surface area contributed by atoms with Gasteiger partial charge < -0.3 is 26.8 Å². The first-order valence-corrected chi connectivity index (χ1v) is 6.54. The molecule has 0 saturated carbocycles. The summed E-state index contributed by atoms with van der Waals surface area (Å²) in [6.07, 6.45) is 2.09. The first kappa shape index (κ1) is 14.3. The summed E-state index contributed by atoms with van der Waals surface area (Å²) in [6, 6.07) is 0. The minimum atomic E-state index is -1.30. The maximum Gasteiger partial charge on any atom is 0.248 e. The third-order valence-corrected chi connectivity index (χ3v) is 3.06. The van der Waals surface area contributed by atoms with Gasteiger partial charge in [0, 0.05) is 13.1 Å². The Morgan fingerprint density at radius 3 is 2.65 bits per heavy atom. The summed E-state index contributed by atoms with van der Waals surface area (Å²) in [6.45, 7) is 1.69. The van der Waals surface area contributed by atoms with Crippen LogP contribution in [0.25, 0.3) is 0 Å². The Morgan fingerprint density at radius 2 is 2.00 bits per heavy atom. The van der Waals surface area contributed by atoms with Gasteiger partial charge in [-0.05, 0) is 19.3 Å². The van der Waals surface area contributed by atoms with Gasteiger partial charge in [0.2, 0.25) is 23.8 Å². The van der Waals surface area contributed by atoms with Crippen LogP contribution < -0.4 is 21.7 Å². The van der Waals surface area contributed by atoms with E-state index in [0.29, 0.717) is 5.95 Å². The number of amides is 1. The van der Waals surface area contributed by atoms with Gasteiger partial charge in [0.25, 0.3) is 0 Å². The zero-order valence-electron chi connectivity index (χ0n) is 11.1. The van der Waals surface area contributed by atoms with E-state index in [9.17, 15) is 9.90 Å². The zero-order valence-corrected chi connectivity index (χ0v) is 11.1. The van der Waals surface area contributed by atoms with Crippen molar-refractivity contribution in [2.75, 3.05) is 35.6 Å². The highest BCUT2D eigenvalue weighted by atomic mass is 16.3. The molecule has 1 unspecified atom stereocenters. The van der Waals surface area contributed by atoms with E-state index in [0.717, 1.165) is 25.9 Å². The molecule has 1 aromatic rings. The topological polar surface area (TPSA) is 143 Å². The standard InChI is InChI=1S/C11H19N7O2/c12-8(20)7(19)6-14-10-15-9(13)16-11(17-10)18-4-2-1-3-5-18/h7,19H,1-6H2,(H2,12,20)(H3,13,14,15,16,17). The number of piperidine rings is 1. The second kappa shape index (κ2) is 6.33. The molecule has 20 heavy (non-hydrogen) atoms. The highest BCUT2D eigenvalue weighted by molar-refractivity contribution is 5.79. The molecule has 1 aliphatic rings. The first-order chi connectivity index (χ1) is 9.56. The molecule has 9 nitrogen and oxygen atoms in total. The Hall–Kier alpha value is -2.16. The molecule has 1 aromatic heterocycles. The molecule has 9 heteroatoms. The van der Waals surface area contributed by atoms with Crippen molar-refractivity contribution in [3.05, 3.63) is 0 Å². The Labute approximate surface area is 116 Å². The second-order valence-electron chi connectivity index (χ2n) is 4.66. The summed E-state index contributed by atoms with van der Waals surface area (Å²) < 4.78 is 0. The number of primary amides is 1. The van der Waals surface area contributed by atoms with Gasteiger partial charge in [-0.1, -0.05) is 0 Å². The fourth-order valence-corrected chi connectivity index (χ4v) is 1.98. The van der Waals surface area contributed by atoms with E-state index in [1.165, 1.54) is 6.42 Å². The van der Waals surface area contributed by atoms with Gasteiger partial charge in [-0.15, -0.1) is 0 Å². The fraction of sp³-hybridized carbons (Fsp3) is 0.636. The Balaban J connectivity index is 2.05. The molecule has 6 N–H and O–H groups in total. The van der Waals surface area contributed by atoms with Gasteiger partial charge in [-0.3, -0.25) is 4.79 Å². The average molecular weight is 281 g/mol. The lowest BCUT2D eigenvalue weighted by atomic mass is 10.1. The van der Waals surface area contributed by atoms with Crippen LogP contribution in [0.2, 0.25) is 0 Å². The number of carbonyl (C=O) groups is 1. The van der Waals surface area contributed by atoms with Crippen molar-refractivity contribution in [1.29, 1.82) is 0 Å².